The molecule has 0 aromatic heterocycles. The Morgan fingerprint density at radius 3 is 1.96 bits per heavy atom. The number of Topliss-reactive ketones (excluding diaryl/α,β-unsaturated/α-hetero) is 2. The van der Waals surface area contributed by atoms with Gasteiger partial charge in [0.2, 0.25) is 0 Å². The van der Waals surface area contributed by atoms with E-state index in [9.17, 15) is 9.59 Å². The number of nitrogens with one attached hydrogen (secondary N) is 2. The van der Waals surface area contributed by atoms with Crippen molar-refractivity contribution in [1.82, 2.24) is 10.6 Å². The molecule has 0 radical (unpaired) electrons. The lowest BCUT2D eigenvalue weighted by atomic mass is 9.89. The van der Waals surface area contributed by atoms with Crippen molar-refractivity contribution in [3.63, 3.8) is 0 Å². The molecule has 0 spiro atoms. The van der Waals surface area contributed by atoms with Crippen LogP contribution in [-0.2, 0) is 19.1 Å². The number of ether oxygens (including phenoxy) is 2. The number of carbonyl (C=O) groups excluding carboxylic acids is 2. The molecule has 0 saturated carbocycles. The van der Waals surface area contributed by atoms with Crippen LogP contribution in [0.2, 0.25) is 0 Å². The fraction of sp³-hybridized carbons (Fsp3) is 0.900. The van der Waals surface area contributed by atoms with Gasteiger partial charge in [0.1, 0.15) is 5.78 Å². The molecule has 0 saturated heterocycles. The summed E-state index contributed by atoms with van der Waals surface area (Å²) >= 11 is 0. The van der Waals surface area contributed by atoms with Crippen LogP contribution in [0.5, 0.6) is 0 Å². The van der Waals surface area contributed by atoms with Gasteiger partial charge in [-0.1, -0.05) is 20.8 Å². The van der Waals surface area contributed by atoms with Gasteiger partial charge in [-0.05, 0) is 27.7 Å². The van der Waals surface area contributed by atoms with Gasteiger partial charge in [0.25, 0.3) is 0 Å². The fourth-order valence-corrected chi connectivity index (χ4v) is 2.10. The molecule has 1 unspecified atom stereocenters. The Bertz CT molecular complexity index is 411. The van der Waals surface area contributed by atoms with E-state index in [1.807, 2.05) is 27.7 Å². The highest BCUT2D eigenvalue weighted by molar-refractivity contribution is 5.85. The lowest BCUT2D eigenvalue weighted by molar-refractivity contribution is -0.126. The van der Waals surface area contributed by atoms with E-state index < -0.39 is 0 Å². The normalized spacial score (nSPS) is 13.7. The Balaban J connectivity index is 3.60. The molecule has 0 aromatic carbocycles. The number of hydrogen-bond acceptors (Lipinski definition) is 6. The summed E-state index contributed by atoms with van der Waals surface area (Å²) < 4.78 is 10.9. The Labute approximate surface area is 159 Å². The highest BCUT2D eigenvalue weighted by Crippen LogP contribution is 2.16. The highest BCUT2D eigenvalue weighted by Gasteiger charge is 2.21. The Kier molecular flexibility index (Phi) is 12.2. The molecular formula is C20H40N2O4. The number of hydrogen-bond donors (Lipinski definition) is 2. The molecular weight excluding hydrogens is 332 g/mol. The van der Waals surface area contributed by atoms with Crippen LogP contribution in [0.25, 0.3) is 0 Å². The molecule has 0 heterocycles. The minimum atomic E-state index is -0.326. The summed E-state index contributed by atoms with van der Waals surface area (Å²) in [4.78, 5) is 23.9. The largest absolute Gasteiger partial charge is 0.379 e. The molecule has 6 nitrogen and oxygen atoms in total. The van der Waals surface area contributed by atoms with Crippen LogP contribution in [0.4, 0.5) is 0 Å². The van der Waals surface area contributed by atoms with Crippen molar-refractivity contribution < 1.29 is 19.1 Å². The summed E-state index contributed by atoms with van der Waals surface area (Å²) in [6.45, 7) is 17.3. The van der Waals surface area contributed by atoms with Crippen molar-refractivity contribution in [2.45, 2.75) is 72.9 Å². The average molecular weight is 373 g/mol. The first-order valence-electron chi connectivity index (χ1n) is 9.63. The van der Waals surface area contributed by atoms with Crippen LogP contribution in [0.3, 0.4) is 0 Å². The minimum Gasteiger partial charge on any atom is -0.379 e. The molecule has 0 aromatic rings. The summed E-state index contributed by atoms with van der Waals surface area (Å²) in [6.07, 6.45) is 0.812. The maximum atomic E-state index is 12.0. The number of carbonyl (C=O) groups is 2. The summed E-state index contributed by atoms with van der Waals surface area (Å²) in [5, 5.41) is 6.46. The third kappa shape index (κ3) is 14.4. The van der Waals surface area contributed by atoms with E-state index in [4.69, 9.17) is 9.47 Å². The van der Waals surface area contributed by atoms with Crippen molar-refractivity contribution >= 4 is 11.6 Å². The summed E-state index contributed by atoms with van der Waals surface area (Å²) in [6, 6.07) is -0.258. The van der Waals surface area contributed by atoms with E-state index in [0.29, 0.717) is 45.8 Å². The zero-order valence-corrected chi connectivity index (χ0v) is 17.9. The lowest BCUT2D eigenvalue weighted by Gasteiger charge is -2.20. The lowest BCUT2D eigenvalue weighted by Crippen LogP contribution is -2.38. The van der Waals surface area contributed by atoms with Crippen molar-refractivity contribution in [3.05, 3.63) is 0 Å². The summed E-state index contributed by atoms with van der Waals surface area (Å²) in [7, 11) is 0. The van der Waals surface area contributed by atoms with E-state index in [0.717, 1.165) is 6.54 Å². The van der Waals surface area contributed by atoms with Gasteiger partial charge in [0.05, 0.1) is 32.5 Å². The van der Waals surface area contributed by atoms with Gasteiger partial charge in [-0.2, -0.15) is 0 Å². The molecule has 0 aliphatic carbocycles. The van der Waals surface area contributed by atoms with Gasteiger partial charge >= 0.3 is 0 Å². The van der Waals surface area contributed by atoms with Crippen LogP contribution in [-0.4, -0.2) is 62.7 Å². The van der Waals surface area contributed by atoms with Crippen molar-refractivity contribution in [1.29, 1.82) is 0 Å². The van der Waals surface area contributed by atoms with Gasteiger partial charge in [0, 0.05) is 36.9 Å². The van der Waals surface area contributed by atoms with E-state index in [1.165, 1.54) is 0 Å². The molecule has 26 heavy (non-hydrogen) atoms. The van der Waals surface area contributed by atoms with Crippen LogP contribution in [0.1, 0.15) is 61.3 Å². The first-order valence-corrected chi connectivity index (χ1v) is 9.63. The van der Waals surface area contributed by atoms with Gasteiger partial charge in [0.15, 0.2) is 5.78 Å². The third-order valence-electron chi connectivity index (χ3n) is 3.89. The maximum absolute atomic E-state index is 12.0. The molecule has 154 valence electrons. The molecule has 0 amide bonds. The molecule has 6 heteroatoms. The SMILES string of the molecule is CC(NCCC(=O)C(C)(C)C)C(=O)CCOCCOCCNC(C)(C)C. The quantitative estimate of drug-likeness (QED) is 0.456. The second-order valence-electron chi connectivity index (χ2n) is 8.72. The third-order valence-corrected chi connectivity index (χ3v) is 3.89. The van der Waals surface area contributed by atoms with Crippen LogP contribution < -0.4 is 10.6 Å². The predicted molar refractivity (Wildman–Crippen MR) is 106 cm³/mol. The first-order chi connectivity index (χ1) is 11.9. The van der Waals surface area contributed by atoms with Crippen LogP contribution in [0, 0.1) is 5.41 Å². The maximum Gasteiger partial charge on any atom is 0.151 e. The highest BCUT2D eigenvalue weighted by atomic mass is 16.5. The van der Waals surface area contributed by atoms with Crippen LogP contribution >= 0.6 is 0 Å². The van der Waals surface area contributed by atoms with E-state index >= 15 is 0 Å². The van der Waals surface area contributed by atoms with Gasteiger partial charge in [-0.15, -0.1) is 0 Å². The molecule has 0 bridgehead atoms. The standard InChI is InChI=1S/C20H40N2O4/c1-16(21-10-8-18(24)19(2,3)4)17(23)9-12-25-14-15-26-13-11-22-20(5,6)7/h16,21-22H,8-15H2,1-7H3. The van der Waals surface area contributed by atoms with Crippen molar-refractivity contribution in [3.8, 4) is 0 Å². The van der Waals surface area contributed by atoms with E-state index in [-0.39, 0.29) is 28.6 Å². The average Bonchev–Trinajstić information content (AvgIpc) is 2.50. The molecule has 2 N–H and O–H groups in total. The Morgan fingerprint density at radius 1 is 0.846 bits per heavy atom. The molecule has 0 rings (SSSR count). The van der Waals surface area contributed by atoms with Gasteiger partial charge in [-0.3, -0.25) is 9.59 Å². The minimum absolute atomic E-state index is 0.100. The Morgan fingerprint density at radius 2 is 1.42 bits per heavy atom. The second-order valence-corrected chi connectivity index (χ2v) is 8.72. The van der Waals surface area contributed by atoms with Crippen molar-refractivity contribution in [2.24, 2.45) is 5.41 Å². The predicted octanol–water partition coefficient (Wildman–Crippen LogP) is 2.35. The summed E-state index contributed by atoms with van der Waals surface area (Å²) in [5.74, 6) is 0.300. The monoisotopic (exact) mass is 372 g/mol. The summed E-state index contributed by atoms with van der Waals surface area (Å²) in [5.41, 5.74) is -0.224. The van der Waals surface area contributed by atoms with Crippen molar-refractivity contribution in [2.75, 3.05) is 39.5 Å². The van der Waals surface area contributed by atoms with Gasteiger partial charge < -0.3 is 20.1 Å². The smallest absolute Gasteiger partial charge is 0.151 e. The Hall–Kier alpha value is -0.820. The zero-order valence-electron chi connectivity index (χ0n) is 17.9. The second kappa shape index (κ2) is 12.5. The number of ketones is 2. The van der Waals surface area contributed by atoms with E-state index in [1.54, 1.807) is 0 Å². The molecule has 0 aliphatic heterocycles. The topological polar surface area (TPSA) is 76.7 Å². The number of rotatable bonds is 14. The fourth-order valence-electron chi connectivity index (χ4n) is 2.10. The van der Waals surface area contributed by atoms with E-state index in [2.05, 4.69) is 31.4 Å². The first kappa shape index (κ1) is 25.2. The molecule has 0 aliphatic rings. The molecule has 1 atom stereocenters. The van der Waals surface area contributed by atoms with Gasteiger partial charge in [-0.25, -0.2) is 0 Å². The van der Waals surface area contributed by atoms with Crippen LogP contribution in [0.15, 0.2) is 0 Å². The zero-order chi connectivity index (χ0) is 20.2. The molecule has 0 fully saturated rings.